The molecule has 0 aliphatic carbocycles. The van der Waals surface area contributed by atoms with E-state index in [-0.39, 0.29) is 6.04 Å². The van der Waals surface area contributed by atoms with Crippen molar-refractivity contribution < 1.29 is 4.74 Å². The molecule has 0 saturated carbocycles. The monoisotopic (exact) mass is 232 g/mol. The molecule has 5 nitrogen and oxygen atoms in total. The molecule has 0 aliphatic heterocycles. The number of anilines is 1. The van der Waals surface area contributed by atoms with Crippen molar-refractivity contribution in [3.05, 3.63) is 36.3 Å². The molecule has 0 aliphatic rings. The minimum Gasteiger partial charge on any atom is -0.476 e. The summed E-state index contributed by atoms with van der Waals surface area (Å²) in [6.45, 7) is 4.59. The Morgan fingerprint density at radius 3 is 3.00 bits per heavy atom. The Morgan fingerprint density at radius 1 is 1.41 bits per heavy atom. The molecule has 2 heterocycles. The Labute approximate surface area is 100 Å². The van der Waals surface area contributed by atoms with E-state index < -0.39 is 0 Å². The lowest BCUT2D eigenvalue weighted by Gasteiger charge is -2.15. The highest BCUT2D eigenvalue weighted by Crippen LogP contribution is 2.24. The zero-order valence-corrected chi connectivity index (χ0v) is 9.97. The van der Waals surface area contributed by atoms with Gasteiger partial charge in [-0.1, -0.05) is 0 Å². The minimum absolute atomic E-state index is 0.126. The summed E-state index contributed by atoms with van der Waals surface area (Å²) in [7, 11) is 0. The second-order valence-corrected chi connectivity index (χ2v) is 3.67. The van der Waals surface area contributed by atoms with Crippen molar-refractivity contribution in [2.45, 2.75) is 19.9 Å². The fourth-order valence-electron chi connectivity index (χ4n) is 1.57. The van der Waals surface area contributed by atoms with E-state index in [4.69, 9.17) is 4.74 Å². The summed E-state index contributed by atoms with van der Waals surface area (Å²) >= 11 is 0. The van der Waals surface area contributed by atoms with Gasteiger partial charge in [0.2, 0.25) is 5.88 Å². The van der Waals surface area contributed by atoms with Crippen LogP contribution in [0.25, 0.3) is 0 Å². The fourth-order valence-corrected chi connectivity index (χ4v) is 1.57. The molecule has 2 rings (SSSR count). The molecule has 0 aromatic carbocycles. The van der Waals surface area contributed by atoms with Gasteiger partial charge >= 0.3 is 0 Å². The van der Waals surface area contributed by atoms with Crippen LogP contribution in [0.4, 0.5) is 5.69 Å². The first-order valence-corrected chi connectivity index (χ1v) is 5.65. The van der Waals surface area contributed by atoms with E-state index in [1.165, 1.54) is 0 Å². The molecule has 0 bridgehead atoms. The number of hydrogen-bond donors (Lipinski definition) is 2. The lowest BCUT2D eigenvalue weighted by atomic mass is 10.2. The smallest absolute Gasteiger partial charge is 0.237 e. The average molecular weight is 232 g/mol. The van der Waals surface area contributed by atoms with Crippen LogP contribution in [-0.2, 0) is 0 Å². The number of H-pyrrole nitrogens is 1. The summed E-state index contributed by atoms with van der Waals surface area (Å²) in [5, 5.41) is 10.2. The molecule has 1 unspecified atom stereocenters. The Hall–Kier alpha value is -2.04. The van der Waals surface area contributed by atoms with E-state index in [1.54, 1.807) is 12.4 Å². The first kappa shape index (κ1) is 11.4. The molecule has 90 valence electrons. The van der Waals surface area contributed by atoms with Crippen molar-refractivity contribution in [1.82, 2.24) is 15.2 Å². The van der Waals surface area contributed by atoms with Crippen LogP contribution < -0.4 is 10.1 Å². The Kier molecular flexibility index (Phi) is 3.59. The maximum Gasteiger partial charge on any atom is 0.237 e. The van der Waals surface area contributed by atoms with Crippen molar-refractivity contribution in [3.8, 4) is 5.88 Å². The summed E-state index contributed by atoms with van der Waals surface area (Å²) in [4.78, 5) is 4.19. The second kappa shape index (κ2) is 5.34. The SMILES string of the molecule is CCOc1ncccc1NC(C)c1ccn[nH]1. The number of aromatic amines is 1. The number of ether oxygens (including phenoxy) is 1. The Morgan fingerprint density at radius 2 is 2.29 bits per heavy atom. The van der Waals surface area contributed by atoms with Crippen molar-refractivity contribution in [2.24, 2.45) is 0 Å². The molecule has 1 atom stereocenters. The first-order valence-electron chi connectivity index (χ1n) is 5.65. The van der Waals surface area contributed by atoms with Crippen LogP contribution in [-0.4, -0.2) is 21.8 Å². The molecule has 17 heavy (non-hydrogen) atoms. The number of nitrogens with one attached hydrogen (secondary N) is 2. The van der Waals surface area contributed by atoms with Gasteiger partial charge in [-0.05, 0) is 32.0 Å². The summed E-state index contributed by atoms with van der Waals surface area (Å²) < 4.78 is 5.46. The largest absolute Gasteiger partial charge is 0.476 e. The van der Waals surface area contributed by atoms with Gasteiger partial charge in [0.1, 0.15) is 0 Å². The van der Waals surface area contributed by atoms with E-state index in [0.717, 1.165) is 11.4 Å². The molecule has 0 radical (unpaired) electrons. The Bertz CT molecular complexity index is 455. The summed E-state index contributed by atoms with van der Waals surface area (Å²) in [6, 6.07) is 5.89. The molecular formula is C12H16N4O. The van der Waals surface area contributed by atoms with Gasteiger partial charge < -0.3 is 10.1 Å². The highest BCUT2D eigenvalue weighted by atomic mass is 16.5. The second-order valence-electron chi connectivity index (χ2n) is 3.67. The van der Waals surface area contributed by atoms with E-state index >= 15 is 0 Å². The third-order valence-electron chi connectivity index (χ3n) is 2.41. The van der Waals surface area contributed by atoms with Crippen LogP contribution in [0.2, 0.25) is 0 Å². The van der Waals surface area contributed by atoms with E-state index in [2.05, 4.69) is 27.4 Å². The Balaban J connectivity index is 2.12. The number of pyridine rings is 1. The topological polar surface area (TPSA) is 62.8 Å². The summed E-state index contributed by atoms with van der Waals surface area (Å²) in [6.07, 6.45) is 3.46. The predicted molar refractivity (Wildman–Crippen MR) is 66.0 cm³/mol. The third kappa shape index (κ3) is 2.75. The molecule has 2 N–H and O–H groups in total. The van der Waals surface area contributed by atoms with Crippen molar-refractivity contribution in [3.63, 3.8) is 0 Å². The van der Waals surface area contributed by atoms with Gasteiger partial charge in [0.05, 0.1) is 24.0 Å². The van der Waals surface area contributed by atoms with Crippen LogP contribution in [0.15, 0.2) is 30.6 Å². The highest BCUT2D eigenvalue weighted by molar-refractivity contribution is 5.53. The van der Waals surface area contributed by atoms with Crippen LogP contribution in [0.3, 0.4) is 0 Å². The molecule has 0 saturated heterocycles. The lowest BCUT2D eigenvalue weighted by molar-refractivity contribution is 0.328. The molecule has 0 amide bonds. The number of aromatic nitrogens is 3. The number of nitrogens with zero attached hydrogens (tertiary/aromatic N) is 2. The molecular weight excluding hydrogens is 216 g/mol. The highest BCUT2D eigenvalue weighted by Gasteiger charge is 2.10. The van der Waals surface area contributed by atoms with Crippen molar-refractivity contribution in [1.29, 1.82) is 0 Å². The van der Waals surface area contributed by atoms with E-state index in [1.807, 2.05) is 25.1 Å². The van der Waals surface area contributed by atoms with Crippen LogP contribution in [0, 0.1) is 0 Å². The van der Waals surface area contributed by atoms with Gasteiger partial charge in [-0.15, -0.1) is 0 Å². The van der Waals surface area contributed by atoms with Gasteiger partial charge in [-0.2, -0.15) is 5.10 Å². The normalized spacial score (nSPS) is 12.1. The first-order chi connectivity index (χ1) is 8.31. The van der Waals surface area contributed by atoms with Crippen molar-refractivity contribution >= 4 is 5.69 Å². The van der Waals surface area contributed by atoms with Gasteiger partial charge in [-0.3, -0.25) is 5.10 Å². The molecule has 2 aromatic rings. The minimum atomic E-state index is 0.126. The standard InChI is InChI=1S/C12H16N4O/c1-3-17-12-11(5-4-7-13-12)15-9(2)10-6-8-14-16-10/h4-9,15H,3H2,1-2H3,(H,14,16). The molecule has 2 aromatic heterocycles. The van der Waals surface area contributed by atoms with Crippen LogP contribution in [0.1, 0.15) is 25.6 Å². The van der Waals surface area contributed by atoms with Gasteiger partial charge in [0.15, 0.2) is 0 Å². The summed E-state index contributed by atoms with van der Waals surface area (Å²) in [5.41, 5.74) is 1.91. The van der Waals surface area contributed by atoms with Gasteiger partial charge in [-0.25, -0.2) is 4.98 Å². The molecule has 0 fully saturated rings. The maximum absolute atomic E-state index is 5.46. The number of rotatable bonds is 5. The van der Waals surface area contributed by atoms with Gasteiger partial charge in [0.25, 0.3) is 0 Å². The zero-order valence-electron chi connectivity index (χ0n) is 9.97. The van der Waals surface area contributed by atoms with Crippen molar-refractivity contribution in [2.75, 3.05) is 11.9 Å². The molecule has 5 heteroatoms. The van der Waals surface area contributed by atoms with Gasteiger partial charge in [0, 0.05) is 12.4 Å². The van der Waals surface area contributed by atoms with E-state index in [9.17, 15) is 0 Å². The molecule has 0 spiro atoms. The predicted octanol–water partition coefficient (Wildman–Crippen LogP) is 2.38. The zero-order chi connectivity index (χ0) is 12.1. The quantitative estimate of drug-likeness (QED) is 0.830. The van der Waals surface area contributed by atoms with E-state index in [0.29, 0.717) is 12.5 Å². The third-order valence-corrected chi connectivity index (χ3v) is 2.41. The average Bonchev–Trinajstić information content (AvgIpc) is 2.85. The maximum atomic E-state index is 5.46. The van der Waals surface area contributed by atoms with Crippen LogP contribution in [0.5, 0.6) is 5.88 Å². The summed E-state index contributed by atoms with van der Waals surface area (Å²) in [5.74, 6) is 0.626. The fraction of sp³-hybridized carbons (Fsp3) is 0.333. The van der Waals surface area contributed by atoms with Crippen LogP contribution >= 0.6 is 0 Å². The number of hydrogen-bond acceptors (Lipinski definition) is 4. The lowest BCUT2D eigenvalue weighted by Crippen LogP contribution is -2.09.